The molecule has 0 fully saturated rings. The number of hydrogen-bond acceptors (Lipinski definition) is 3. The lowest BCUT2D eigenvalue weighted by Gasteiger charge is -2.09. The number of halogens is 2. The summed E-state index contributed by atoms with van der Waals surface area (Å²) >= 11 is 11.9. The Balaban J connectivity index is 1.87. The predicted molar refractivity (Wildman–Crippen MR) is 92.8 cm³/mol. The van der Waals surface area contributed by atoms with Crippen molar-refractivity contribution in [3.8, 4) is 5.75 Å². The third-order valence-electron chi connectivity index (χ3n) is 3.82. The Hall–Kier alpha value is -1.97. The molecule has 0 aliphatic heterocycles. The fraction of sp³-hybridized carbons (Fsp3) is 0.167. The maximum atomic E-state index is 11.8. The Morgan fingerprint density at radius 3 is 2.52 bits per heavy atom. The van der Waals surface area contributed by atoms with Gasteiger partial charge in [0, 0.05) is 17.0 Å². The van der Waals surface area contributed by atoms with E-state index in [0.29, 0.717) is 33.5 Å². The van der Waals surface area contributed by atoms with Crippen LogP contribution in [0.5, 0.6) is 5.75 Å². The van der Waals surface area contributed by atoms with E-state index in [-0.39, 0.29) is 5.63 Å². The Labute approximate surface area is 143 Å². The van der Waals surface area contributed by atoms with Crippen LogP contribution in [0.15, 0.2) is 45.6 Å². The van der Waals surface area contributed by atoms with Gasteiger partial charge in [0.2, 0.25) is 0 Å². The van der Waals surface area contributed by atoms with E-state index in [9.17, 15) is 4.79 Å². The molecule has 118 valence electrons. The molecule has 1 heterocycles. The fourth-order valence-corrected chi connectivity index (χ4v) is 2.63. The van der Waals surface area contributed by atoms with Gasteiger partial charge >= 0.3 is 5.63 Å². The molecule has 3 rings (SSSR count). The van der Waals surface area contributed by atoms with Gasteiger partial charge in [-0.05, 0) is 49.2 Å². The molecule has 0 bridgehead atoms. The van der Waals surface area contributed by atoms with E-state index in [4.69, 9.17) is 32.4 Å². The number of hydrogen-bond donors (Lipinski definition) is 0. The van der Waals surface area contributed by atoms with Gasteiger partial charge in [-0.25, -0.2) is 4.79 Å². The summed E-state index contributed by atoms with van der Waals surface area (Å²) in [4.78, 5) is 11.8. The molecule has 23 heavy (non-hydrogen) atoms. The Bertz CT molecular complexity index is 945. The average Bonchev–Trinajstić information content (AvgIpc) is 2.53. The second kappa shape index (κ2) is 6.26. The molecule has 0 unspecified atom stereocenters. The lowest BCUT2D eigenvalue weighted by atomic mass is 10.1. The number of benzene rings is 2. The maximum absolute atomic E-state index is 11.8. The highest BCUT2D eigenvalue weighted by Gasteiger charge is 2.08. The van der Waals surface area contributed by atoms with Crippen LogP contribution in [0.3, 0.4) is 0 Å². The molecule has 0 spiro atoms. The van der Waals surface area contributed by atoms with Gasteiger partial charge in [0.05, 0.1) is 10.0 Å². The molecule has 1 aromatic heterocycles. The van der Waals surface area contributed by atoms with E-state index in [1.165, 1.54) is 0 Å². The first-order valence-electron chi connectivity index (χ1n) is 7.06. The van der Waals surface area contributed by atoms with Gasteiger partial charge in [-0.15, -0.1) is 0 Å². The van der Waals surface area contributed by atoms with Crippen LogP contribution in [-0.4, -0.2) is 0 Å². The van der Waals surface area contributed by atoms with Crippen molar-refractivity contribution in [3.63, 3.8) is 0 Å². The van der Waals surface area contributed by atoms with Crippen molar-refractivity contribution >= 4 is 34.2 Å². The summed E-state index contributed by atoms with van der Waals surface area (Å²) in [6.07, 6.45) is 0. The summed E-state index contributed by atoms with van der Waals surface area (Å²) < 4.78 is 11.1. The van der Waals surface area contributed by atoms with Gasteiger partial charge in [0.1, 0.15) is 17.9 Å². The number of aryl methyl sites for hydroxylation is 1. The zero-order valence-corrected chi connectivity index (χ0v) is 14.2. The molecule has 2 aromatic carbocycles. The number of fused-ring (bicyclic) bond motifs is 1. The monoisotopic (exact) mass is 348 g/mol. The SMILES string of the molecule is Cc1c(C)c2ccc(OCc3ccc(Cl)c(Cl)c3)cc2oc1=O. The molecule has 0 saturated carbocycles. The summed E-state index contributed by atoms with van der Waals surface area (Å²) in [5, 5.41) is 1.90. The van der Waals surface area contributed by atoms with Crippen LogP contribution in [0.25, 0.3) is 11.0 Å². The minimum Gasteiger partial charge on any atom is -0.489 e. The highest BCUT2D eigenvalue weighted by Crippen LogP contribution is 2.26. The zero-order valence-electron chi connectivity index (χ0n) is 12.7. The second-order valence-electron chi connectivity index (χ2n) is 5.33. The van der Waals surface area contributed by atoms with Crippen molar-refractivity contribution < 1.29 is 9.15 Å². The second-order valence-corrected chi connectivity index (χ2v) is 6.15. The minimum absolute atomic E-state index is 0.323. The maximum Gasteiger partial charge on any atom is 0.339 e. The van der Waals surface area contributed by atoms with E-state index in [1.54, 1.807) is 25.1 Å². The molecule has 3 aromatic rings. The molecule has 0 aliphatic rings. The van der Waals surface area contributed by atoms with Gasteiger partial charge in [0.25, 0.3) is 0 Å². The van der Waals surface area contributed by atoms with Crippen molar-refractivity contribution in [1.82, 2.24) is 0 Å². The van der Waals surface area contributed by atoms with Crippen molar-refractivity contribution in [2.24, 2.45) is 0 Å². The first-order chi connectivity index (χ1) is 11.0. The molecule has 0 saturated heterocycles. The standard InChI is InChI=1S/C18H14Cl2O3/c1-10-11(2)18(21)23-17-8-13(4-5-14(10)17)22-9-12-3-6-15(19)16(20)7-12/h3-8H,9H2,1-2H3. The third kappa shape index (κ3) is 3.21. The van der Waals surface area contributed by atoms with Crippen molar-refractivity contribution in [2.75, 3.05) is 0 Å². The first-order valence-corrected chi connectivity index (χ1v) is 7.82. The predicted octanol–water partition coefficient (Wildman–Crippen LogP) is 5.30. The fourth-order valence-electron chi connectivity index (χ4n) is 2.31. The third-order valence-corrected chi connectivity index (χ3v) is 4.56. The van der Waals surface area contributed by atoms with Gasteiger partial charge in [-0.1, -0.05) is 29.3 Å². The van der Waals surface area contributed by atoms with E-state index in [0.717, 1.165) is 16.5 Å². The number of rotatable bonds is 3. The van der Waals surface area contributed by atoms with Gasteiger partial charge in [-0.3, -0.25) is 0 Å². The lowest BCUT2D eigenvalue weighted by Crippen LogP contribution is -2.05. The van der Waals surface area contributed by atoms with Gasteiger partial charge < -0.3 is 9.15 Å². The Kier molecular flexibility index (Phi) is 4.33. The molecule has 0 aliphatic carbocycles. The van der Waals surface area contributed by atoms with E-state index in [2.05, 4.69) is 0 Å². The summed E-state index contributed by atoms with van der Waals surface area (Å²) in [6, 6.07) is 10.8. The Morgan fingerprint density at radius 1 is 1.00 bits per heavy atom. The van der Waals surface area contributed by atoms with Crippen molar-refractivity contribution in [2.45, 2.75) is 20.5 Å². The van der Waals surface area contributed by atoms with Crippen molar-refractivity contribution in [1.29, 1.82) is 0 Å². The first kappa shape index (κ1) is 15.9. The molecule has 3 nitrogen and oxygen atoms in total. The van der Waals surface area contributed by atoms with Gasteiger partial charge in [0.15, 0.2) is 0 Å². The van der Waals surface area contributed by atoms with Crippen LogP contribution in [0.4, 0.5) is 0 Å². The highest BCUT2D eigenvalue weighted by atomic mass is 35.5. The highest BCUT2D eigenvalue weighted by molar-refractivity contribution is 6.42. The molecular formula is C18H14Cl2O3. The average molecular weight is 349 g/mol. The van der Waals surface area contributed by atoms with E-state index in [1.807, 2.05) is 25.1 Å². The van der Waals surface area contributed by atoms with Crippen LogP contribution < -0.4 is 10.4 Å². The lowest BCUT2D eigenvalue weighted by molar-refractivity contribution is 0.306. The minimum atomic E-state index is -0.323. The van der Waals surface area contributed by atoms with E-state index < -0.39 is 0 Å². The molecule has 0 N–H and O–H groups in total. The number of ether oxygens (including phenoxy) is 1. The summed E-state index contributed by atoms with van der Waals surface area (Å²) in [5.74, 6) is 0.620. The molecular weight excluding hydrogens is 335 g/mol. The Morgan fingerprint density at radius 2 is 1.78 bits per heavy atom. The quantitative estimate of drug-likeness (QED) is 0.603. The molecule has 5 heteroatoms. The summed E-state index contributed by atoms with van der Waals surface area (Å²) in [5.41, 5.74) is 2.65. The normalized spacial score (nSPS) is 11.0. The van der Waals surface area contributed by atoms with Crippen LogP contribution in [0.1, 0.15) is 16.7 Å². The smallest absolute Gasteiger partial charge is 0.339 e. The van der Waals surface area contributed by atoms with Crippen LogP contribution in [0, 0.1) is 13.8 Å². The topological polar surface area (TPSA) is 39.4 Å². The summed E-state index contributed by atoms with van der Waals surface area (Å²) in [6.45, 7) is 4.01. The van der Waals surface area contributed by atoms with Crippen molar-refractivity contribution in [3.05, 3.63) is 73.6 Å². The van der Waals surface area contributed by atoms with Crippen LogP contribution >= 0.6 is 23.2 Å². The largest absolute Gasteiger partial charge is 0.489 e. The van der Waals surface area contributed by atoms with Crippen LogP contribution in [-0.2, 0) is 6.61 Å². The molecule has 0 radical (unpaired) electrons. The zero-order chi connectivity index (χ0) is 16.6. The van der Waals surface area contributed by atoms with Crippen LogP contribution in [0.2, 0.25) is 10.0 Å². The van der Waals surface area contributed by atoms with E-state index >= 15 is 0 Å². The molecule has 0 atom stereocenters. The summed E-state index contributed by atoms with van der Waals surface area (Å²) in [7, 11) is 0. The molecule has 0 amide bonds. The van der Waals surface area contributed by atoms with Gasteiger partial charge in [-0.2, -0.15) is 0 Å².